The van der Waals surface area contributed by atoms with Crippen LogP contribution in [0.4, 0.5) is 8.78 Å². The monoisotopic (exact) mass is 320 g/mol. The second kappa shape index (κ2) is 7.56. The molecule has 1 aromatic heterocycles. The van der Waals surface area contributed by atoms with Gasteiger partial charge in [0.05, 0.1) is 17.2 Å². The van der Waals surface area contributed by atoms with Gasteiger partial charge in [0.25, 0.3) is 11.6 Å². The van der Waals surface area contributed by atoms with Gasteiger partial charge < -0.3 is 9.15 Å². The van der Waals surface area contributed by atoms with E-state index in [1.54, 1.807) is 18.2 Å². The van der Waals surface area contributed by atoms with E-state index in [-0.39, 0.29) is 6.61 Å². The topological polar surface area (TPSA) is 48.2 Å². The summed E-state index contributed by atoms with van der Waals surface area (Å²) >= 11 is 7.26. The van der Waals surface area contributed by atoms with Gasteiger partial charge in [-0.3, -0.25) is 0 Å². The number of thioether (sulfide) groups is 1. The van der Waals surface area contributed by atoms with Crippen molar-refractivity contribution in [3.8, 4) is 11.5 Å². The Morgan fingerprint density at radius 1 is 1.30 bits per heavy atom. The quantitative estimate of drug-likeness (QED) is 0.574. The molecule has 0 fully saturated rings. The number of ether oxygens (including phenoxy) is 1. The van der Waals surface area contributed by atoms with Crippen molar-refractivity contribution in [2.45, 2.75) is 11.6 Å². The average Bonchev–Trinajstić information content (AvgIpc) is 2.87. The lowest BCUT2D eigenvalue weighted by Crippen LogP contribution is -2.06. The lowest BCUT2D eigenvalue weighted by molar-refractivity contribution is 0.0237. The lowest BCUT2D eigenvalue weighted by atomic mass is 10.2. The molecule has 0 N–H and O–H groups in total. The summed E-state index contributed by atoms with van der Waals surface area (Å²) in [5.41, 5.74) is 0.655. The molecule has 0 aliphatic rings. The van der Waals surface area contributed by atoms with Crippen LogP contribution in [0.1, 0.15) is 0 Å². The number of alkyl halides is 2. The minimum absolute atomic E-state index is 0.193. The summed E-state index contributed by atoms with van der Waals surface area (Å²) in [6, 6.07) is 7.12. The lowest BCUT2D eigenvalue weighted by Gasteiger charge is -2.00. The maximum Gasteiger partial charge on any atom is 0.276 e. The molecule has 8 heteroatoms. The predicted octanol–water partition coefficient (Wildman–Crippen LogP) is 3.76. The van der Waals surface area contributed by atoms with Gasteiger partial charge in [-0.1, -0.05) is 35.5 Å². The van der Waals surface area contributed by atoms with Crippen molar-refractivity contribution >= 4 is 23.4 Å². The summed E-state index contributed by atoms with van der Waals surface area (Å²) in [5, 5.41) is 8.61. The zero-order valence-corrected chi connectivity index (χ0v) is 11.8. The van der Waals surface area contributed by atoms with E-state index in [2.05, 4.69) is 10.2 Å². The number of rotatable bonds is 7. The molecule has 108 valence electrons. The first kappa shape index (κ1) is 15.2. The van der Waals surface area contributed by atoms with Gasteiger partial charge >= 0.3 is 0 Å². The fourth-order valence-corrected chi connectivity index (χ4v) is 2.20. The fraction of sp³-hybridized carbons (Fsp3) is 0.333. The van der Waals surface area contributed by atoms with E-state index in [4.69, 9.17) is 20.8 Å². The highest BCUT2D eigenvalue weighted by atomic mass is 35.5. The molecule has 0 unspecified atom stereocenters. The van der Waals surface area contributed by atoms with Crippen molar-refractivity contribution in [2.75, 3.05) is 19.0 Å². The Balaban J connectivity index is 1.85. The van der Waals surface area contributed by atoms with E-state index in [1.165, 1.54) is 11.8 Å². The van der Waals surface area contributed by atoms with Gasteiger partial charge in [-0.2, -0.15) is 0 Å². The molecule has 0 radical (unpaired) electrons. The predicted molar refractivity (Wildman–Crippen MR) is 72.3 cm³/mol. The molecule has 0 amide bonds. The number of hydrogen-bond donors (Lipinski definition) is 0. The Morgan fingerprint density at radius 3 is 2.85 bits per heavy atom. The van der Waals surface area contributed by atoms with Crippen molar-refractivity contribution < 1.29 is 17.9 Å². The third kappa shape index (κ3) is 4.43. The number of nitrogens with zero attached hydrogens (tertiary/aromatic N) is 2. The van der Waals surface area contributed by atoms with Gasteiger partial charge in [0.1, 0.15) is 6.61 Å². The molecule has 4 nitrogen and oxygen atoms in total. The van der Waals surface area contributed by atoms with Crippen molar-refractivity contribution in [1.29, 1.82) is 0 Å². The largest absolute Gasteiger partial charge is 0.411 e. The molecule has 1 aromatic carbocycles. The zero-order chi connectivity index (χ0) is 14.4. The summed E-state index contributed by atoms with van der Waals surface area (Å²) in [6.45, 7) is -0.367. The molecular weight excluding hydrogens is 310 g/mol. The second-order valence-corrected chi connectivity index (χ2v) is 5.12. The number of aromatic nitrogens is 2. The smallest absolute Gasteiger partial charge is 0.276 e. The van der Waals surface area contributed by atoms with E-state index < -0.39 is 13.0 Å². The standard InChI is InChI=1S/C12H11ClF2N2O2S/c13-9-4-2-1-3-8(9)11-16-17-12(19-11)20-6-5-18-7-10(14)15/h1-4,10H,5-7H2. The molecule has 0 aliphatic heterocycles. The van der Waals surface area contributed by atoms with Crippen molar-refractivity contribution in [3.63, 3.8) is 0 Å². The summed E-state index contributed by atoms with van der Waals surface area (Å²) in [4.78, 5) is 0. The van der Waals surface area contributed by atoms with Gasteiger partial charge in [0, 0.05) is 5.75 Å². The molecule has 2 aromatic rings. The Labute approximate surface area is 123 Å². The summed E-state index contributed by atoms with van der Waals surface area (Å²) < 4.78 is 33.8. The molecule has 0 atom stereocenters. The highest BCUT2D eigenvalue weighted by molar-refractivity contribution is 7.99. The van der Waals surface area contributed by atoms with E-state index in [1.807, 2.05) is 6.07 Å². The van der Waals surface area contributed by atoms with Gasteiger partial charge in [0.2, 0.25) is 5.89 Å². The molecule has 2 rings (SSSR count). The van der Waals surface area contributed by atoms with E-state index in [0.29, 0.717) is 27.5 Å². The van der Waals surface area contributed by atoms with Crippen molar-refractivity contribution in [3.05, 3.63) is 29.3 Å². The van der Waals surface area contributed by atoms with Crippen LogP contribution in [0.25, 0.3) is 11.5 Å². The van der Waals surface area contributed by atoms with Crippen LogP contribution in [0.3, 0.4) is 0 Å². The Kier molecular flexibility index (Phi) is 5.75. The Morgan fingerprint density at radius 2 is 2.10 bits per heavy atom. The first-order valence-corrected chi connectivity index (χ1v) is 7.10. The molecular formula is C12H11ClF2N2O2S. The van der Waals surface area contributed by atoms with E-state index in [0.717, 1.165) is 0 Å². The van der Waals surface area contributed by atoms with Crippen LogP contribution in [0, 0.1) is 0 Å². The Hall–Kier alpha value is -1.18. The first-order valence-electron chi connectivity index (χ1n) is 5.74. The minimum Gasteiger partial charge on any atom is -0.411 e. The second-order valence-electron chi connectivity index (χ2n) is 3.67. The maximum absolute atomic E-state index is 11.8. The summed E-state index contributed by atoms with van der Waals surface area (Å²) in [5.74, 6) is 0.781. The summed E-state index contributed by atoms with van der Waals surface area (Å²) in [7, 11) is 0. The van der Waals surface area contributed by atoms with Gasteiger partial charge in [-0.15, -0.1) is 10.2 Å². The van der Waals surface area contributed by atoms with Gasteiger partial charge in [-0.05, 0) is 12.1 Å². The van der Waals surface area contributed by atoms with Gasteiger partial charge in [-0.25, -0.2) is 8.78 Å². The molecule has 0 bridgehead atoms. The third-order valence-electron chi connectivity index (χ3n) is 2.21. The SMILES string of the molecule is FC(F)COCCSc1nnc(-c2ccccc2Cl)o1. The van der Waals surface area contributed by atoms with Crippen LogP contribution >= 0.6 is 23.4 Å². The molecule has 1 heterocycles. The highest BCUT2D eigenvalue weighted by Crippen LogP contribution is 2.28. The fourth-order valence-electron chi connectivity index (χ4n) is 1.37. The van der Waals surface area contributed by atoms with Gasteiger partial charge in [0.15, 0.2) is 0 Å². The normalized spacial score (nSPS) is 11.2. The summed E-state index contributed by atoms with van der Waals surface area (Å²) in [6.07, 6.45) is -2.45. The van der Waals surface area contributed by atoms with E-state index >= 15 is 0 Å². The van der Waals surface area contributed by atoms with Crippen LogP contribution in [-0.4, -0.2) is 35.6 Å². The average molecular weight is 321 g/mol. The Bertz CT molecular complexity index is 554. The van der Waals surface area contributed by atoms with Crippen molar-refractivity contribution in [2.24, 2.45) is 0 Å². The molecule has 0 saturated heterocycles. The zero-order valence-electron chi connectivity index (χ0n) is 10.3. The van der Waals surface area contributed by atoms with Crippen molar-refractivity contribution in [1.82, 2.24) is 10.2 Å². The maximum atomic E-state index is 11.8. The van der Waals surface area contributed by atoms with Crippen LogP contribution in [0.5, 0.6) is 0 Å². The molecule has 20 heavy (non-hydrogen) atoms. The number of hydrogen-bond acceptors (Lipinski definition) is 5. The van der Waals surface area contributed by atoms with Crippen LogP contribution in [0.15, 0.2) is 33.9 Å². The third-order valence-corrected chi connectivity index (χ3v) is 3.32. The number of benzene rings is 1. The highest BCUT2D eigenvalue weighted by Gasteiger charge is 2.11. The molecule has 0 spiro atoms. The molecule has 0 saturated carbocycles. The van der Waals surface area contributed by atoms with Crippen LogP contribution in [0.2, 0.25) is 5.02 Å². The van der Waals surface area contributed by atoms with Crippen LogP contribution < -0.4 is 0 Å². The molecule has 0 aliphatic carbocycles. The van der Waals surface area contributed by atoms with E-state index in [9.17, 15) is 8.78 Å². The number of halogens is 3. The minimum atomic E-state index is -2.45. The first-order chi connectivity index (χ1) is 9.66. The van der Waals surface area contributed by atoms with Crippen LogP contribution in [-0.2, 0) is 4.74 Å².